The van der Waals surface area contributed by atoms with Crippen molar-refractivity contribution in [2.45, 2.75) is 25.9 Å². The van der Waals surface area contributed by atoms with Crippen molar-refractivity contribution < 1.29 is 4.74 Å². The maximum absolute atomic E-state index is 5.45. The van der Waals surface area contributed by atoms with Gasteiger partial charge >= 0.3 is 0 Å². The fourth-order valence-electron chi connectivity index (χ4n) is 1.65. The van der Waals surface area contributed by atoms with Crippen molar-refractivity contribution in [3.8, 4) is 0 Å². The van der Waals surface area contributed by atoms with E-state index in [1.54, 1.807) is 0 Å². The summed E-state index contributed by atoms with van der Waals surface area (Å²) in [6.45, 7) is 2.25. The van der Waals surface area contributed by atoms with Gasteiger partial charge in [0.25, 0.3) is 0 Å². The van der Waals surface area contributed by atoms with E-state index in [9.17, 15) is 0 Å². The predicted octanol–water partition coefficient (Wildman–Crippen LogP) is 0.374. The first-order valence-electron chi connectivity index (χ1n) is 4.74. The van der Waals surface area contributed by atoms with Crippen molar-refractivity contribution in [1.82, 2.24) is 10.2 Å². The zero-order chi connectivity index (χ0) is 9.10. The smallest absolute Gasteiger partial charge is 0.0753 e. The molecule has 0 aromatic carbocycles. The Morgan fingerprint density at radius 3 is 3.31 bits per heavy atom. The van der Waals surface area contributed by atoms with Crippen LogP contribution in [0.2, 0.25) is 0 Å². The van der Waals surface area contributed by atoms with Gasteiger partial charge in [-0.2, -0.15) is 5.10 Å². The number of fused-ring (bicyclic) bond motifs is 1. The summed E-state index contributed by atoms with van der Waals surface area (Å²) in [7, 11) is 0. The van der Waals surface area contributed by atoms with Gasteiger partial charge in [-0.1, -0.05) is 0 Å². The largest absolute Gasteiger partial charge is 0.376 e. The number of ether oxygens (including phenoxy) is 1. The molecule has 0 bridgehead atoms. The van der Waals surface area contributed by atoms with E-state index >= 15 is 0 Å². The third-order valence-corrected chi connectivity index (χ3v) is 2.40. The molecule has 72 valence electrons. The quantitative estimate of drug-likeness (QED) is 0.708. The van der Waals surface area contributed by atoms with Gasteiger partial charge in [-0.25, -0.2) is 0 Å². The van der Waals surface area contributed by atoms with E-state index in [1.165, 1.54) is 11.3 Å². The van der Waals surface area contributed by atoms with Crippen LogP contribution in [0, 0.1) is 0 Å². The molecule has 2 rings (SSSR count). The fraction of sp³-hybridized carbons (Fsp3) is 0.667. The molecule has 3 N–H and O–H groups in total. The van der Waals surface area contributed by atoms with Crippen LogP contribution in [-0.4, -0.2) is 23.3 Å². The van der Waals surface area contributed by atoms with Gasteiger partial charge in [0.15, 0.2) is 0 Å². The Hall–Kier alpha value is -0.870. The Bertz CT molecular complexity index is 282. The lowest BCUT2D eigenvalue weighted by Gasteiger charge is -2.11. The van der Waals surface area contributed by atoms with Gasteiger partial charge in [-0.15, -0.1) is 0 Å². The van der Waals surface area contributed by atoms with Crippen LogP contribution in [0.4, 0.5) is 0 Å². The summed E-state index contributed by atoms with van der Waals surface area (Å²) >= 11 is 0. The number of H-pyrrole nitrogens is 1. The van der Waals surface area contributed by atoms with E-state index in [0.717, 1.165) is 38.1 Å². The van der Waals surface area contributed by atoms with Crippen LogP contribution in [0.25, 0.3) is 0 Å². The number of hydrogen-bond acceptors (Lipinski definition) is 3. The Kier molecular flexibility index (Phi) is 2.61. The number of nitrogens with one attached hydrogen (secondary N) is 1. The van der Waals surface area contributed by atoms with E-state index < -0.39 is 0 Å². The summed E-state index contributed by atoms with van der Waals surface area (Å²) < 4.78 is 5.38. The molecule has 0 fully saturated rings. The van der Waals surface area contributed by atoms with Crippen LogP contribution in [0.5, 0.6) is 0 Å². The lowest BCUT2D eigenvalue weighted by Crippen LogP contribution is -2.10. The highest BCUT2D eigenvalue weighted by Crippen LogP contribution is 2.18. The molecule has 0 aliphatic carbocycles. The van der Waals surface area contributed by atoms with Gasteiger partial charge in [0, 0.05) is 17.7 Å². The van der Waals surface area contributed by atoms with Gasteiger partial charge in [-0.3, -0.25) is 5.10 Å². The topological polar surface area (TPSA) is 63.9 Å². The number of rotatable bonds is 3. The van der Waals surface area contributed by atoms with Gasteiger partial charge < -0.3 is 10.5 Å². The molecule has 0 atom stereocenters. The number of nitrogens with two attached hydrogens (primary N) is 1. The molecule has 0 unspecified atom stereocenters. The van der Waals surface area contributed by atoms with Crippen molar-refractivity contribution in [2.75, 3.05) is 13.2 Å². The SMILES string of the molecule is NCCCc1n[nH]c2c1COCC2. The standard InChI is InChI=1S/C9H15N3O/c10-4-1-2-8-7-6-13-5-3-9(7)12-11-8/h1-6,10H2,(H,11,12). The first-order chi connectivity index (χ1) is 6.42. The fourth-order valence-corrected chi connectivity index (χ4v) is 1.65. The zero-order valence-electron chi connectivity index (χ0n) is 7.68. The lowest BCUT2D eigenvalue weighted by atomic mass is 10.1. The highest BCUT2D eigenvalue weighted by Gasteiger charge is 2.16. The van der Waals surface area contributed by atoms with Crippen LogP contribution >= 0.6 is 0 Å². The maximum Gasteiger partial charge on any atom is 0.0753 e. The van der Waals surface area contributed by atoms with Crippen molar-refractivity contribution in [3.63, 3.8) is 0 Å². The average Bonchev–Trinajstić information content (AvgIpc) is 2.58. The van der Waals surface area contributed by atoms with E-state index in [-0.39, 0.29) is 0 Å². The average molecular weight is 181 g/mol. The van der Waals surface area contributed by atoms with Crippen molar-refractivity contribution >= 4 is 0 Å². The summed E-state index contributed by atoms with van der Waals surface area (Å²) in [5, 5.41) is 7.34. The molecule has 0 saturated carbocycles. The molecule has 2 heterocycles. The number of nitrogens with zero attached hydrogens (tertiary/aromatic N) is 1. The van der Waals surface area contributed by atoms with Crippen LogP contribution < -0.4 is 5.73 Å². The molecule has 1 aliphatic rings. The van der Waals surface area contributed by atoms with E-state index in [2.05, 4.69) is 10.2 Å². The van der Waals surface area contributed by atoms with Gasteiger partial charge in [0.2, 0.25) is 0 Å². The van der Waals surface area contributed by atoms with Gasteiger partial charge in [0.1, 0.15) is 0 Å². The predicted molar refractivity (Wildman–Crippen MR) is 49.3 cm³/mol. The molecular weight excluding hydrogens is 166 g/mol. The molecule has 13 heavy (non-hydrogen) atoms. The molecule has 0 saturated heterocycles. The molecule has 0 radical (unpaired) electrons. The van der Waals surface area contributed by atoms with E-state index in [1.807, 2.05) is 0 Å². The second kappa shape index (κ2) is 3.89. The molecule has 0 amide bonds. The summed E-state index contributed by atoms with van der Waals surface area (Å²) in [5.74, 6) is 0. The number of aromatic nitrogens is 2. The van der Waals surface area contributed by atoms with Crippen LogP contribution in [0.3, 0.4) is 0 Å². The minimum absolute atomic E-state index is 0.714. The van der Waals surface area contributed by atoms with Crippen molar-refractivity contribution in [1.29, 1.82) is 0 Å². The second-order valence-corrected chi connectivity index (χ2v) is 3.32. The number of hydrogen-bond donors (Lipinski definition) is 2. The Labute approximate surface area is 77.5 Å². The van der Waals surface area contributed by atoms with Crippen molar-refractivity contribution in [3.05, 3.63) is 17.0 Å². The third kappa shape index (κ3) is 1.73. The highest BCUT2D eigenvalue weighted by atomic mass is 16.5. The zero-order valence-corrected chi connectivity index (χ0v) is 7.68. The molecule has 1 aliphatic heterocycles. The Balaban J connectivity index is 2.12. The second-order valence-electron chi connectivity index (χ2n) is 3.32. The summed E-state index contributed by atoms with van der Waals surface area (Å²) in [5.41, 5.74) is 9.10. The third-order valence-electron chi connectivity index (χ3n) is 2.40. The molecule has 0 spiro atoms. The van der Waals surface area contributed by atoms with Crippen LogP contribution in [0.1, 0.15) is 23.4 Å². The van der Waals surface area contributed by atoms with Crippen LogP contribution in [0.15, 0.2) is 0 Å². The monoisotopic (exact) mass is 181 g/mol. The normalized spacial score (nSPS) is 15.8. The molecule has 1 aromatic rings. The molecule has 1 aromatic heterocycles. The first kappa shape index (κ1) is 8.72. The molecule has 4 heteroatoms. The number of aryl methyl sites for hydroxylation is 1. The minimum atomic E-state index is 0.714. The Morgan fingerprint density at radius 2 is 2.46 bits per heavy atom. The lowest BCUT2D eigenvalue weighted by molar-refractivity contribution is 0.109. The highest BCUT2D eigenvalue weighted by molar-refractivity contribution is 5.26. The van der Waals surface area contributed by atoms with Gasteiger partial charge in [-0.05, 0) is 19.4 Å². The van der Waals surface area contributed by atoms with Crippen LogP contribution in [-0.2, 0) is 24.2 Å². The summed E-state index contributed by atoms with van der Waals surface area (Å²) in [4.78, 5) is 0. The minimum Gasteiger partial charge on any atom is -0.376 e. The molecular formula is C9H15N3O. The first-order valence-corrected chi connectivity index (χ1v) is 4.74. The van der Waals surface area contributed by atoms with Gasteiger partial charge in [0.05, 0.1) is 18.9 Å². The van der Waals surface area contributed by atoms with E-state index in [4.69, 9.17) is 10.5 Å². The van der Waals surface area contributed by atoms with E-state index in [0.29, 0.717) is 6.61 Å². The maximum atomic E-state index is 5.45. The van der Waals surface area contributed by atoms with Crippen molar-refractivity contribution in [2.24, 2.45) is 5.73 Å². The molecule has 4 nitrogen and oxygen atoms in total. The summed E-state index contributed by atoms with van der Waals surface area (Å²) in [6, 6.07) is 0. The summed E-state index contributed by atoms with van der Waals surface area (Å²) in [6.07, 6.45) is 2.92. The number of aromatic amines is 1. The Morgan fingerprint density at radius 1 is 1.54 bits per heavy atom.